The van der Waals surface area contributed by atoms with Crippen LogP contribution >= 0.6 is 0 Å². The first-order valence-corrected chi connectivity index (χ1v) is 14.1. The fourth-order valence-corrected chi connectivity index (χ4v) is 5.04. The summed E-state index contributed by atoms with van der Waals surface area (Å²) < 4.78 is 22.9. The Morgan fingerprint density at radius 3 is 2.19 bits per heavy atom. The van der Waals surface area contributed by atoms with Crippen LogP contribution < -0.4 is 0 Å². The smallest absolute Gasteiger partial charge is 0.320 e. The van der Waals surface area contributed by atoms with E-state index in [0.29, 0.717) is 19.4 Å². The Bertz CT molecular complexity index is 767. The number of rotatable bonds is 8. The zero-order valence-electron chi connectivity index (χ0n) is 20.4. The lowest BCUT2D eigenvalue weighted by Gasteiger charge is -2.40. The van der Waals surface area contributed by atoms with Crippen molar-refractivity contribution in [2.45, 2.75) is 70.6 Å². The maximum Gasteiger partial charge on any atom is 0.320 e. The van der Waals surface area contributed by atoms with Gasteiger partial charge in [-0.15, -0.1) is 0 Å². The Morgan fingerprint density at radius 1 is 1.06 bits per heavy atom. The molecular weight excluding hydrogens is 424 g/mol. The van der Waals surface area contributed by atoms with Crippen LogP contribution in [0.4, 0.5) is 0 Å². The normalized spacial score (nSPS) is 21.8. The van der Waals surface area contributed by atoms with Crippen molar-refractivity contribution in [1.82, 2.24) is 0 Å². The SMILES string of the molecule is COC(=O)C(C(=O)OC)[C@H]1C=CC[C@@H](O[Si](C)(C)C(C)(C)C)C[C@H]1OCc1ccccc1. The fraction of sp³-hybridized carbons (Fsp3) is 0.600. The predicted octanol–water partition coefficient (Wildman–Crippen LogP) is 4.89. The first-order chi connectivity index (χ1) is 15.0. The molecule has 6 nitrogen and oxygen atoms in total. The number of carbonyl (C=O) groups is 2. The molecule has 1 aliphatic rings. The Kier molecular flexibility index (Phi) is 9.25. The van der Waals surface area contributed by atoms with Gasteiger partial charge in [0.15, 0.2) is 14.2 Å². The number of esters is 2. The van der Waals surface area contributed by atoms with Crippen LogP contribution in [0.5, 0.6) is 0 Å². The molecule has 0 aromatic heterocycles. The third kappa shape index (κ3) is 6.77. The van der Waals surface area contributed by atoms with E-state index in [1.54, 1.807) is 0 Å². The van der Waals surface area contributed by atoms with Crippen molar-refractivity contribution in [3.05, 3.63) is 48.0 Å². The first kappa shape index (κ1) is 26.3. The molecule has 0 saturated carbocycles. The van der Waals surface area contributed by atoms with E-state index in [0.717, 1.165) is 5.56 Å². The molecule has 0 fully saturated rings. The zero-order valence-corrected chi connectivity index (χ0v) is 21.4. The summed E-state index contributed by atoms with van der Waals surface area (Å²) in [6.45, 7) is 11.5. The molecule has 178 valence electrons. The van der Waals surface area contributed by atoms with Crippen LogP contribution in [-0.2, 0) is 34.8 Å². The molecule has 7 heteroatoms. The van der Waals surface area contributed by atoms with Crippen molar-refractivity contribution in [3.8, 4) is 0 Å². The summed E-state index contributed by atoms with van der Waals surface area (Å²) >= 11 is 0. The number of ether oxygens (including phenoxy) is 3. The molecule has 0 N–H and O–H groups in total. The lowest BCUT2D eigenvalue weighted by Crippen LogP contribution is -2.45. The Morgan fingerprint density at radius 2 is 1.66 bits per heavy atom. The Hall–Kier alpha value is -1.96. The average Bonchev–Trinajstić information content (AvgIpc) is 2.93. The van der Waals surface area contributed by atoms with Gasteiger partial charge in [0.1, 0.15) is 0 Å². The third-order valence-corrected chi connectivity index (χ3v) is 11.1. The standard InChI is InChI=1S/C25H38O6Si/c1-25(2,3)32(6,7)31-19-14-11-15-20(22(23(26)28-4)24(27)29-5)21(16-19)30-17-18-12-9-8-10-13-18/h8-13,15,19-22H,14,16-17H2,1-7H3/t19-,20+,21-/m1/s1. The maximum absolute atomic E-state index is 12.5. The van der Waals surface area contributed by atoms with Gasteiger partial charge >= 0.3 is 11.9 Å². The first-order valence-electron chi connectivity index (χ1n) is 11.2. The summed E-state index contributed by atoms with van der Waals surface area (Å²) in [7, 11) is 0.549. The molecule has 0 radical (unpaired) electrons. The molecule has 1 aromatic rings. The van der Waals surface area contributed by atoms with Gasteiger partial charge in [0.05, 0.1) is 33.0 Å². The maximum atomic E-state index is 12.5. The Labute approximate surface area is 193 Å². The molecule has 3 atom stereocenters. The number of hydrogen-bond acceptors (Lipinski definition) is 6. The van der Waals surface area contributed by atoms with Crippen LogP contribution in [0, 0.1) is 11.8 Å². The van der Waals surface area contributed by atoms with Crippen LogP contribution in [0.1, 0.15) is 39.2 Å². The number of hydrogen-bond donors (Lipinski definition) is 0. The van der Waals surface area contributed by atoms with E-state index in [-0.39, 0.29) is 11.1 Å². The predicted molar refractivity (Wildman–Crippen MR) is 126 cm³/mol. The highest BCUT2D eigenvalue weighted by Crippen LogP contribution is 2.39. The van der Waals surface area contributed by atoms with Crippen molar-refractivity contribution >= 4 is 20.3 Å². The largest absolute Gasteiger partial charge is 0.468 e. The van der Waals surface area contributed by atoms with Crippen molar-refractivity contribution in [2.75, 3.05) is 14.2 Å². The summed E-state index contributed by atoms with van der Waals surface area (Å²) in [6.07, 6.45) is 4.68. The molecule has 2 rings (SSSR count). The van der Waals surface area contributed by atoms with Crippen molar-refractivity contribution < 1.29 is 28.2 Å². The molecule has 0 aliphatic heterocycles. The van der Waals surface area contributed by atoms with Crippen LogP contribution in [0.25, 0.3) is 0 Å². The topological polar surface area (TPSA) is 71.1 Å². The highest BCUT2D eigenvalue weighted by atomic mass is 28.4. The third-order valence-electron chi connectivity index (χ3n) is 6.55. The molecule has 0 unspecified atom stereocenters. The highest BCUT2D eigenvalue weighted by Gasteiger charge is 2.44. The van der Waals surface area contributed by atoms with Gasteiger partial charge in [-0.3, -0.25) is 9.59 Å². The lowest BCUT2D eigenvalue weighted by atomic mass is 9.85. The summed E-state index contributed by atoms with van der Waals surface area (Å²) in [6, 6.07) is 9.84. The number of methoxy groups -OCH3 is 2. The Balaban J connectivity index is 2.32. The van der Waals surface area contributed by atoms with E-state index in [9.17, 15) is 9.59 Å². The van der Waals surface area contributed by atoms with E-state index in [4.69, 9.17) is 18.6 Å². The molecule has 32 heavy (non-hydrogen) atoms. The minimum Gasteiger partial charge on any atom is -0.468 e. The minimum atomic E-state index is -2.01. The van der Waals surface area contributed by atoms with Gasteiger partial charge in [0, 0.05) is 5.92 Å². The second kappa shape index (κ2) is 11.3. The molecule has 1 aliphatic carbocycles. The van der Waals surface area contributed by atoms with E-state index in [1.807, 2.05) is 42.5 Å². The van der Waals surface area contributed by atoms with Gasteiger partial charge in [-0.25, -0.2) is 0 Å². The van der Waals surface area contributed by atoms with Crippen molar-refractivity contribution in [1.29, 1.82) is 0 Å². The number of carbonyl (C=O) groups excluding carboxylic acids is 2. The number of benzene rings is 1. The quantitative estimate of drug-likeness (QED) is 0.237. The monoisotopic (exact) mass is 462 g/mol. The molecule has 0 heterocycles. The summed E-state index contributed by atoms with van der Waals surface area (Å²) in [5.41, 5.74) is 1.02. The minimum absolute atomic E-state index is 0.0612. The summed E-state index contributed by atoms with van der Waals surface area (Å²) in [5, 5.41) is 0.0728. The van der Waals surface area contributed by atoms with E-state index < -0.39 is 38.2 Å². The lowest BCUT2D eigenvalue weighted by molar-refractivity contribution is -0.164. The molecule has 1 aromatic carbocycles. The van der Waals surface area contributed by atoms with Crippen LogP contribution in [0.15, 0.2) is 42.5 Å². The molecule has 0 bridgehead atoms. The fourth-order valence-electron chi connectivity index (χ4n) is 3.66. The molecule has 0 saturated heterocycles. The summed E-state index contributed by atoms with van der Waals surface area (Å²) in [4.78, 5) is 25.1. The van der Waals surface area contributed by atoms with Gasteiger partial charge in [-0.2, -0.15) is 0 Å². The van der Waals surface area contributed by atoms with E-state index in [1.165, 1.54) is 14.2 Å². The van der Waals surface area contributed by atoms with E-state index in [2.05, 4.69) is 33.9 Å². The molecule has 0 spiro atoms. The van der Waals surface area contributed by atoms with Crippen molar-refractivity contribution in [2.24, 2.45) is 11.8 Å². The van der Waals surface area contributed by atoms with Crippen molar-refractivity contribution in [3.63, 3.8) is 0 Å². The highest BCUT2D eigenvalue weighted by molar-refractivity contribution is 6.74. The second-order valence-electron chi connectivity index (χ2n) is 9.84. The van der Waals surface area contributed by atoms with Crippen LogP contribution in [0.3, 0.4) is 0 Å². The average molecular weight is 463 g/mol. The van der Waals surface area contributed by atoms with Crippen LogP contribution in [0.2, 0.25) is 18.1 Å². The molecular formula is C25H38O6Si. The zero-order chi connectivity index (χ0) is 23.9. The van der Waals surface area contributed by atoms with E-state index >= 15 is 0 Å². The van der Waals surface area contributed by atoms with Gasteiger partial charge in [0.25, 0.3) is 0 Å². The summed E-state index contributed by atoms with van der Waals surface area (Å²) in [5.74, 6) is -2.84. The second-order valence-corrected chi connectivity index (χ2v) is 14.6. The van der Waals surface area contributed by atoms with Gasteiger partial charge in [-0.05, 0) is 36.5 Å². The van der Waals surface area contributed by atoms with Gasteiger partial charge in [-0.1, -0.05) is 63.3 Å². The molecule has 0 amide bonds. The van der Waals surface area contributed by atoms with Crippen LogP contribution in [-0.4, -0.2) is 46.7 Å². The van der Waals surface area contributed by atoms with Gasteiger partial charge in [0.2, 0.25) is 0 Å². The van der Waals surface area contributed by atoms with Gasteiger partial charge < -0.3 is 18.6 Å².